The van der Waals surface area contributed by atoms with Crippen LogP contribution in [-0.2, 0) is 13.0 Å². The van der Waals surface area contributed by atoms with Crippen LogP contribution in [0.1, 0.15) is 46.3 Å². The molecular formula is C14H19N5O2. The highest BCUT2D eigenvalue weighted by atomic mass is 16.5. The van der Waals surface area contributed by atoms with Crippen molar-refractivity contribution in [3.05, 3.63) is 28.7 Å². The number of nitrogens with zero attached hydrogens (tertiary/aromatic N) is 4. The molecule has 1 aliphatic heterocycles. The van der Waals surface area contributed by atoms with Gasteiger partial charge in [0.15, 0.2) is 0 Å². The van der Waals surface area contributed by atoms with Crippen LogP contribution in [0.4, 0.5) is 0 Å². The summed E-state index contributed by atoms with van der Waals surface area (Å²) in [6, 6.07) is 0.132. The van der Waals surface area contributed by atoms with Crippen LogP contribution in [0.5, 0.6) is 0 Å². The average molecular weight is 289 g/mol. The number of amides is 1. The fraction of sp³-hybridized carbons (Fsp3) is 0.571. The molecule has 0 spiro atoms. The molecule has 1 unspecified atom stereocenters. The van der Waals surface area contributed by atoms with Gasteiger partial charge in [-0.3, -0.25) is 4.79 Å². The molecule has 1 aliphatic rings. The third-order valence-electron chi connectivity index (χ3n) is 4.03. The van der Waals surface area contributed by atoms with Gasteiger partial charge in [0.25, 0.3) is 5.91 Å². The molecule has 0 radical (unpaired) electrons. The highest BCUT2D eigenvalue weighted by molar-refractivity contribution is 5.96. The zero-order chi connectivity index (χ0) is 15.0. The monoisotopic (exact) mass is 289 g/mol. The molecule has 0 saturated heterocycles. The van der Waals surface area contributed by atoms with Crippen molar-refractivity contribution >= 4 is 5.91 Å². The van der Waals surface area contributed by atoms with E-state index in [4.69, 9.17) is 4.52 Å². The van der Waals surface area contributed by atoms with Gasteiger partial charge in [0.05, 0.1) is 5.69 Å². The summed E-state index contributed by atoms with van der Waals surface area (Å²) >= 11 is 0. The fourth-order valence-corrected chi connectivity index (χ4v) is 2.84. The Morgan fingerprint density at radius 2 is 2.10 bits per heavy atom. The maximum Gasteiger partial charge on any atom is 0.257 e. The molecule has 1 atom stereocenters. The van der Waals surface area contributed by atoms with Crippen LogP contribution in [0.15, 0.2) is 4.52 Å². The van der Waals surface area contributed by atoms with E-state index in [0.717, 1.165) is 37.5 Å². The van der Waals surface area contributed by atoms with Gasteiger partial charge < -0.3 is 14.4 Å². The molecule has 0 bridgehead atoms. The van der Waals surface area contributed by atoms with Crippen molar-refractivity contribution < 1.29 is 9.32 Å². The number of hydrogen-bond donors (Lipinski definition) is 1. The second-order valence-corrected chi connectivity index (χ2v) is 5.51. The van der Waals surface area contributed by atoms with Gasteiger partial charge in [-0.05, 0) is 33.6 Å². The molecule has 3 heterocycles. The molecule has 0 aromatic carbocycles. The Hall–Kier alpha value is -2.18. The number of rotatable bonds is 2. The summed E-state index contributed by atoms with van der Waals surface area (Å²) in [6.07, 6.45) is 2.57. The first-order valence-electron chi connectivity index (χ1n) is 7.18. The van der Waals surface area contributed by atoms with E-state index in [1.165, 1.54) is 0 Å². The molecule has 2 aromatic rings. The highest BCUT2D eigenvalue weighted by Gasteiger charge is 2.23. The number of fused-ring (bicyclic) bond motifs is 1. The van der Waals surface area contributed by atoms with Crippen molar-refractivity contribution in [1.29, 1.82) is 0 Å². The molecule has 3 rings (SSSR count). The van der Waals surface area contributed by atoms with Crippen molar-refractivity contribution in [3.63, 3.8) is 0 Å². The Balaban J connectivity index is 1.69. The molecule has 0 saturated carbocycles. The van der Waals surface area contributed by atoms with Crippen molar-refractivity contribution in [2.24, 2.45) is 0 Å². The summed E-state index contributed by atoms with van der Waals surface area (Å²) in [4.78, 5) is 12.4. The van der Waals surface area contributed by atoms with Crippen molar-refractivity contribution in [3.8, 4) is 0 Å². The van der Waals surface area contributed by atoms with Gasteiger partial charge in [-0.1, -0.05) is 5.16 Å². The second-order valence-electron chi connectivity index (χ2n) is 5.51. The smallest absolute Gasteiger partial charge is 0.257 e. The highest BCUT2D eigenvalue weighted by Crippen LogP contribution is 2.17. The zero-order valence-electron chi connectivity index (χ0n) is 12.5. The Labute approximate surface area is 122 Å². The lowest BCUT2D eigenvalue weighted by molar-refractivity contribution is 0.0931. The third-order valence-corrected chi connectivity index (χ3v) is 4.03. The summed E-state index contributed by atoms with van der Waals surface area (Å²) in [7, 11) is 0. The normalized spacial score (nSPS) is 18.1. The summed E-state index contributed by atoms with van der Waals surface area (Å²) in [6.45, 7) is 6.33. The third kappa shape index (κ3) is 2.55. The number of aryl methyl sites for hydroxylation is 4. The van der Waals surface area contributed by atoms with E-state index in [2.05, 4.69) is 25.2 Å². The van der Waals surface area contributed by atoms with Gasteiger partial charge in [0, 0.05) is 19.0 Å². The van der Waals surface area contributed by atoms with Crippen LogP contribution in [0, 0.1) is 20.8 Å². The Morgan fingerprint density at radius 3 is 2.81 bits per heavy atom. The quantitative estimate of drug-likeness (QED) is 0.901. The average Bonchev–Trinajstić information content (AvgIpc) is 2.88. The Bertz CT molecular complexity index is 653. The van der Waals surface area contributed by atoms with E-state index in [9.17, 15) is 4.79 Å². The lowest BCUT2D eigenvalue weighted by Gasteiger charge is -2.15. The maximum atomic E-state index is 12.4. The molecule has 0 fully saturated rings. The van der Waals surface area contributed by atoms with Crippen molar-refractivity contribution in [2.45, 2.75) is 52.6 Å². The number of carbonyl (C=O) groups is 1. The molecular weight excluding hydrogens is 270 g/mol. The van der Waals surface area contributed by atoms with E-state index < -0.39 is 0 Å². The van der Waals surface area contributed by atoms with E-state index in [-0.39, 0.29) is 11.9 Å². The van der Waals surface area contributed by atoms with Crippen LogP contribution in [-0.4, -0.2) is 31.9 Å². The lowest BCUT2D eigenvalue weighted by Crippen LogP contribution is -2.35. The first-order chi connectivity index (χ1) is 10.1. The summed E-state index contributed by atoms with van der Waals surface area (Å²) < 4.78 is 7.18. The minimum atomic E-state index is -0.106. The van der Waals surface area contributed by atoms with Gasteiger partial charge in [0.1, 0.15) is 23.0 Å². The number of aromatic nitrogens is 4. The topological polar surface area (TPSA) is 85.8 Å². The Kier molecular flexibility index (Phi) is 3.48. The lowest BCUT2D eigenvalue weighted by atomic mass is 10.1. The predicted molar refractivity (Wildman–Crippen MR) is 74.9 cm³/mol. The zero-order valence-corrected chi connectivity index (χ0v) is 12.5. The molecule has 0 aliphatic carbocycles. The van der Waals surface area contributed by atoms with Crippen molar-refractivity contribution in [1.82, 2.24) is 25.2 Å². The standard InChI is InChI=1S/C14H19N5O2/c1-8-13(9(2)21-18-8)14(20)15-11-4-5-12-17-16-10(3)19(12)7-6-11/h11H,4-7H2,1-3H3,(H,15,20). The number of hydrogen-bond acceptors (Lipinski definition) is 5. The minimum absolute atomic E-state index is 0.106. The van der Waals surface area contributed by atoms with E-state index in [1.807, 2.05) is 6.92 Å². The van der Waals surface area contributed by atoms with Crippen molar-refractivity contribution in [2.75, 3.05) is 0 Å². The van der Waals surface area contributed by atoms with Gasteiger partial charge in [-0.25, -0.2) is 0 Å². The second kappa shape index (κ2) is 5.31. The minimum Gasteiger partial charge on any atom is -0.361 e. The van der Waals surface area contributed by atoms with Crippen LogP contribution in [0.3, 0.4) is 0 Å². The predicted octanol–water partition coefficient (Wildman–Crippen LogP) is 1.33. The Morgan fingerprint density at radius 1 is 1.29 bits per heavy atom. The molecule has 112 valence electrons. The first-order valence-corrected chi connectivity index (χ1v) is 7.18. The van der Waals surface area contributed by atoms with Crippen LogP contribution in [0.25, 0.3) is 0 Å². The van der Waals surface area contributed by atoms with Crippen LogP contribution in [0.2, 0.25) is 0 Å². The van der Waals surface area contributed by atoms with E-state index >= 15 is 0 Å². The summed E-state index contributed by atoms with van der Waals surface area (Å²) in [5.74, 6) is 2.39. The molecule has 21 heavy (non-hydrogen) atoms. The maximum absolute atomic E-state index is 12.4. The number of carbonyl (C=O) groups excluding carboxylic acids is 1. The van der Waals surface area contributed by atoms with Gasteiger partial charge in [-0.2, -0.15) is 0 Å². The number of nitrogens with one attached hydrogen (secondary N) is 1. The van der Waals surface area contributed by atoms with Gasteiger partial charge in [-0.15, -0.1) is 10.2 Å². The molecule has 7 nitrogen and oxygen atoms in total. The van der Waals surface area contributed by atoms with Crippen LogP contribution < -0.4 is 5.32 Å². The van der Waals surface area contributed by atoms with Crippen LogP contribution >= 0.6 is 0 Å². The van der Waals surface area contributed by atoms with Gasteiger partial charge >= 0.3 is 0 Å². The van der Waals surface area contributed by atoms with E-state index in [1.54, 1.807) is 13.8 Å². The largest absolute Gasteiger partial charge is 0.361 e. The SMILES string of the molecule is Cc1noc(C)c1C(=O)NC1CCc2nnc(C)n2CC1. The summed E-state index contributed by atoms with van der Waals surface area (Å²) in [5, 5.41) is 15.2. The first kappa shape index (κ1) is 13.8. The summed E-state index contributed by atoms with van der Waals surface area (Å²) in [5.41, 5.74) is 1.18. The molecule has 2 aromatic heterocycles. The van der Waals surface area contributed by atoms with E-state index in [0.29, 0.717) is 17.0 Å². The fourth-order valence-electron chi connectivity index (χ4n) is 2.84. The molecule has 1 amide bonds. The van der Waals surface area contributed by atoms with Gasteiger partial charge in [0.2, 0.25) is 0 Å². The molecule has 7 heteroatoms. The molecule has 1 N–H and O–H groups in total.